The molecule has 7 heteroatoms. The number of alkyl halides is 1. The molecule has 1 aliphatic heterocycles. The van der Waals surface area contributed by atoms with Crippen LogP contribution in [0, 0.1) is 0 Å². The smallest absolute Gasteiger partial charge is 0.267 e. The quantitative estimate of drug-likeness (QED) is 0.537. The molecule has 0 N–H and O–H groups in total. The summed E-state index contributed by atoms with van der Waals surface area (Å²) in [6.45, 7) is 0. The van der Waals surface area contributed by atoms with Crippen LogP contribution >= 0.6 is 38.4 Å². The number of allylic oxidation sites excluding steroid dienone is 1. The van der Waals surface area contributed by atoms with Gasteiger partial charge in [-0.15, -0.1) is 0 Å². The topological polar surface area (TPSA) is 51.2 Å². The van der Waals surface area contributed by atoms with Crippen molar-refractivity contribution < 1.29 is 13.2 Å². The molecule has 62 valence electrons. The Bertz CT molecular complexity index is 320. The Morgan fingerprint density at radius 1 is 1.64 bits per heavy atom. The first-order valence-corrected chi connectivity index (χ1v) is 6.47. The lowest BCUT2D eigenvalue weighted by Gasteiger charge is -1.89. The lowest BCUT2D eigenvalue weighted by molar-refractivity contribution is -0.109. The van der Waals surface area contributed by atoms with Crippen LogP contribution in [-0.4, -0.2) is 18.4 Å². The second-order valence-electron chi connectivity index (χ2n) is 1.75. The van der Waals surface area contributed by atoms with Gasteiger partial charge >= 0.3 is 0 Å². The molecule has 0 aromatic rings. The average Bonchev–Trinajstić information content (AvgIpc) is 2.11. The largest absolute Gasteiger partial charge is 0.285 e. The molecule has 1 unspecified atom stereocenters. The van der Waals surface area contributed by atoms with Crippen LogP contribution in [0.5, 0.6) is 0 Å². The summed E-state index contributed by atoms with van der Waals surface area (Å²) in [5, 5.41) is -0.260. The van der Waals surface area contributed by atoms with Gasteiger partial charge in [0.1, 0.15) is 9.06 Å². The minimum absolute atomic E-state index is 0.0916. The fraction of sp³-hybridized carbons (Fsp3) is 0.250. The van der Waals surface area contributed by atoms with Gasteiger partial charge in [-0.25, -0.2) is 8.42 Å². The van der Waals surface area contributed by atoms with Crippen molar-refractivity contribution in [3.63, 3.8) is 0 Å². The highest BCUT2D eigenvalue weighted by Gasteiger charge is 2.30. The van der Waals surface area contributed by atoms with Crippen molar-refractivity contribution >= 4 is 52.5 Å². The minimum Gasteiger partial charge on any atom is -0.285 e. The highest BCUT2D eigenvalue weighted by molar-refractivity contribution is 9.10. The molecule has 1 rings (SSSR count). The first-order chi connectivity index (χ1) is 4.91. The summed E-state index contributed by atoms with van der Waals surface area (Å²) in [5.41, 5.74) is 0. The summed E-state index contributed by atoms with van der Waals surface area (Å²) >= 11 is 3.60. The molecule has 3 nitrogen and oxygen atoms in total. The SMILES string of the molecule is O=C1SC(S(=O)(=O)Cl)=CC1Br. The molecule has 1 aliphatic rings. The summed E-state index contributed by atoms with van der Waals surface area (Å²) in [4.78, 5) is 10.2. The Kier molecular flexibility index (Phi) is 2.68. The van der Waals surface area contributed by atoms with Crippen LogP contribution in [0.1, 0.15) is 0 Å². The van der Waals surface area contributed by atoms with Gasteiger partial charge in [-0.1, -0.05) is 15.9 Å². The predicted molar refractivity (Wildman–Crippen MR) is 48.2 cm³/mol. The van der Waals surface area contributed by atoms with Crippen molar-refractivity contribution in [3.8, 4) is 0 Å². The molecule has 1 atom stereocenters. The number of carbonyl (C=O) groups excluding carboxylic acids is 1. The normalized spacial score (nSPS) is 25.5. The van der Waals surface area contributed by atoms with Crippen LogP contribution in [-0.2, 0) is 13.8 Å². The van der Waals surface area contributed by atoms with Gasteiger partial charge in [0.15, 0.2) is 0 Å². The Balaban J connectivity index is 2.97. The number of hydrogen-bond donors (Lipinski definition) is 0. The molecule has 0 amide bonds. The molecule has 0 bridgehead atoms. The van der Waals surface area contributed by atoms with E-state index in [4.69, 9.17) is 10.7 Å². The number of halogens is 2. The zero-order valence-corrected chi connectivity index (χ0v) is 8.93. The monoisotopic (exact) mass is 276 g/mol. The summed E-state index contributed by atoms with van der Waals surface area (Å²) in [7, 11) is 1.26. The lowest BCUT2D eigenvalue weighted by atomic mass is 10.5. The van der Waals surface area contributed by atoms with Gasteiger partial charge in [0.05, 0.1) is 0 Å². The first-order valence-electron chi connectivity index (χ1n) is 2.43. The maximum absolute atomic E-state index is 10.8. The number of carbonyl (C=O) groups is 1. The Morgan fingerprint density at radius 3 is 2.36 bits per heavy atom. The van der Waals surface area contributed by atoms with E-state index < -0.39 is 13.9 Å². The van der Waals surface area contributed by atoms with Gasteiger partial charge in [0.25, 0.3) is 9.05 Å². The molecular weight excluding hydrogens is 276 g/mol. The highest BCUT2D eigenvalue weighted by Crippen LogP contribution is 2.35. The number of hydrogen-bond acceptors (Lipinski definition) is 4. The van der Waals surface area contributed by atoms with E-state index in [9.17, 15) is 13.2 Å². The molecule has 0 saturated carbocycles. The third kappa shape index (κ3) is 2.21. The van der Waals surface area contributed by atoms with Gasteiger partial charge in [0, 0.05) is 10.7 Å². The molecule has 1 heterocycles. The van der Waals surface area contributed by atoms with E-state index in [1.165, 1.54) is 6.08 Å². The maximum atomic E-state index is 10.8. The van der Waals surface area contributed by atoms with Gasteiger partial charge in [-0.3, -0.25) is 4.79 Å². The van der Waals surface area contributed by atoms with E-state index in [2.05, 4.69) is 15.9 Å². The second-order valence-corrected chi connectivity index (χ2v) is 6.57. The van der Waals surface area contributed by atoms with Crippen molar-refractivity contribution in [2.24, 2.45) is 0 Å². The molecule has 11 heavy (non-hydrogen) atoms. The zero-order chi connectivity index (χ0) is 8.65. The van der Waals surface area contributed by atoms with Crippen molar-refractivity contribution in [1.29, 1.82) is 0 Å². The van der Waals surface area contributed by atoms with Crippen LogP contribution in [0.15, 0.2) is 10.3 Å². The van der Waals surface area contributed by atoms with Gasteiger partial charge in [-0.05, 0) is 17.8 Å². The van der Waals surface area contributed by atoms with Crippen LogP contribution < -0.4 is 0 Å². The van der Waals surface area contributed by atoms with E-state index >= 15 is 0 Å². The molecular formula is C4H2BrClO3S2. The molecule has 0 saturated heterocycles. The van der Waals surface area contributed by atoms with Crippen molar-refractivity contribution in [1.82, 2.24) is 0 Å². The van der Waals surface area contributed by atoms with E-state index in [0.717, 1.165) is 0 Å². The van der Waals surface area contributed by atoms with E-state index in [-0.39, 0.29) is 9.35 Å². The van der Waals surface area contributed by atoms with Crippen LogP contribution in [0.4, 0.5) is 0 Å². The summed E-state index contributed by atoms with van der Waals surface area (Å²) < 4.78 is 21.2. The number of thioether (sulfide) groups is 1. The highest BCUT2D eigenvalue weighted by atomic mass is 79.9. The molecule has 0 fully saturated rings. The zero-order valence-electron chi connectivity index (χ0n) is 4.95. The first kappa shape index (κ1) is 9.57. The molecule has 0 radical (unpaired) electrons. The molecule has 0 spiro atoms. The van der Waals surface area contributed by atoms with Gasteiger partial charge < -0.3 is 0 Å². The molecule has 0 aliphatic carbocycles. The second kappa shape index (κ2) is 3.08. The fourth-order valence-corrected chi connectivity index (χ4v) is 3.37. The Hall–Kier alpha value is 0.480. The Morgan fingerprint density at radius 2 is 2.18 bits per heavy atom. The summed E-state index contributed by atoms with van der Waals surface area (Å²) in [6.07, 6.45) is 1.27. The van der Waals surface area contributed by atoms with Crippen LogP contribution in [0.2, 0.25) is 0 Å². The molecule has 0 aromatic carbocycles. The fourth-order valence-electron chi connectivity index (χ4n) is 0.508. The van der Waals surface area contributed by atoms with E-state index in [1.54, 1.807) is 0 Å². The minimum atomic E-state index is -3.72. The van der Waals surface area contributed by atoms with Crippen LogP contribution in [0.25, 0.3) is 0 Å². The standard InChI is InChI=1S/C4H2BrClO3S2/c5-2-1-3(10-4(2)7)11(6,8)9/h1-2H. The third-order valence-corrected chi connectivity index (χ3v) is 5.02. The average molecular weight is 278 g/mol. The number of rotatable bonds is 1. The van der Waals surface area contributed by atoms with Gasteiger partial charge in [0.2, 0.25) is 5.12 Å². The summed E-state index contributed by atoms with van der Waals surface area (Å²) in [5.74, 6) is 0. The summed E-state index contributed by atoms with van der Waals surface area (Å²) in [6, 6.07) is 0. The van der Waals surface area contributed by atoms with E-state index in [1.807, 2.05) is 0 Å². The van der Waals surface area contributed by atoms with E-state index in [0.29, 0.717) is 11.8 Å². The van der Waals surface area contributed by atoms with Crippen molar-refractivity contribution in [3.05, 3.63) is 10.3 Å². The van der Waals surface area contributed by atoms with Gasteiger partial charge in [-0.2, -0.15) is 0 Å². The van der Waals surface area contributed by atoms with Crippen molar-refractivity contribution in [2.75, 3.05) is 0 Å². The predicted octanol–water partition coefficient (Wildman–Crippen LogP) is 1.43. The lowest BCUT2D eigenvalue weighted by Crippen LogP contribution is -1.98. The third-order valence-electron chi connectivity index (χ3n) is 0.949. The van der Waals surface area contributed by atoms with Crippen molar-refractivity contribution in [2.45, 2.75) is 4.83 Å². The van der Waals surface area contributed by atoms with Crippen LogP contribution in [0.3, 0.4) is 0 Å². The molecule has 0 aromatic heterocycles. The maximum Gasteiger partial charge on any atom is 0.267 e. The Labute approximate surface area is 80.7 Å².